The first-order valence-corrected chi connectivity index (χ1v) is 10.1. The average molecular weight is 402 g/mol. The molecule has 0 spiro atoms. The van der Waals surface area contributed by atoms with E-state index in [4.69, 9.17) is 5.73 Å². The third-order valence-corrected chi connectivity index (χ3v) is 6.13. The second-order valence-corrected chi connectivity index (χ2v) is 7.84. The fraction of sp³-hybridized carbons (Fsp3) is 0.261. The molecule has 0 unspecified atom stereocenters. The van der Waals surface area contributed by atoms with Gasteiger partial charge in [-0.1, -0.05) is 30.3 Å². The molecule has 5 rings (SSSR count). The minimum absolute atomic E-state index is 0.0891. The number of para-hydroxylation sites is 1. The van der Waals surface area contributed by atoms with E-state index in [0.717, 1.165) is 29.6 Å². The van der Waals surface area contributed by atoms with E-state index in [2.05, 4.69) is 16.4 Å². The molecule has 2 atom stereocenters. The van der Waals surface area contributed by atoms with Crippen LogP contribution in [0.15, 0.2) is 48.5 Å². The number of aromatic amines is 1. The molecule has 0 bridgehead atoms. The van der Waals surface area contributed by atoms with Crippen LogP contribution in [0.4, 0.5) is 0 Å². The number of nitrogens with two attached hydrogens (primary N) is 1. The Morgan fingerprint density at radius 3 is 2.43 bits per heavy atom. The zero-order chi connectivity index (χ0) is 20.8. The molecule has 4 N–H and O–H groups in total. The van der Waals surface area contributed by atoms with Crippen LogP contribution in [0.3, 0.4) is 0 Å². The molecule has 3 aromatic rings. The molecule has 2 aliphatic rings. The summed E-state index contributed by atoms with van der Waals surface area (Å²) in [6.07, 6.45) is 1.24. The Balaban J connectivity index is 1.59. The van der Waals surface area contributed by atoms with Crippen LogP contribution in [-0.4, -0.2) is 40.2 Å². The number of amides is 3. The van der Waals surface area contributed by atoms with E-state index in [1.807, 2.05) is 18.2 Å². The van der Waals surface area contributed by atoms with Crippen LogP contribution in [0.2, 0.25) is 0 Å². The highest BCUT2D eigenvalue weighted by Gasteiger charge is 2.44. The maximum absolute atomic E-state index is 13.2. The van der Waals surface area contributed by atoms with Crippen molar-refractivity contribution >= 4 is 28.6 Å². The summed E-state index contributed by atoms with van der Waals surface area (Å²) in [6, 6.07) is 14.1. The lowest BCUT2D eigenvalue weighted by molar-refractivity contribution is -0.118. The monoisotopic (exact) mass is 402 g/mol. The first-order valence-electron chi connectivity index (χ1n) is 10.1. The van der Waals surface area contributed by atoms with Crippen LogP contribution < -0.4 is 11.1 Å². The molecule has 0 radical (unpaired) electrons. The van der Waals surface area contributed by atoms with E-state index in [0.29, 0.717) is 17.5 Å². The van der Waals surface area contributed by atoms with Gasteiger partial charge >= 0.3 is 0 Å². The van der Waals surface area contributed by atoms with Crippen molar-refractivity contribution in [3.63, 3.8) is 0 Å². The van der Waals surface area contributed by atoms with Crippen molar-refractivity contribution in [3.8, 4) is 0 Å². The molecule has 7 nitrogen and oxygen atoms in total. The topological polar surface area (TPSA) is 108 Å². The van der Waals surface area contributed by atoms with Crippen LogP contribution in [-0.2, 0) is 11.2 Å². The van der Waals surface area contributed by atoms with Crippen LogP contribution in [0.5, 0.6) is 0 Å². The maximum atomic E-state index is 13.2. The lowest BCUT2D eigenvalue weighted by atomic mass is 9.91. The Hall–Kier alpha value is -3.45. The van der Waals surface area contributed by atoms with Crippen molar-refractivity contribution in [2.75, 3.05) is 6.54 Å². The molecule has 30 heavy (non-hydrogen) atoms. The second kappa shape index (κ2) is 7.11. The van der Waals surface area contributed by atoms with E-state index in [1.54, 1.807) is 24.3 Å². The Labute approximate surface area is 173 Å². The van der Waals surface area contributed by atoms with E-state index in [1.165, 1.54) is 10.5 Å². The van der Waals surface area contributed by atoms with Crippen LogP contribution in [0.25, 0.3) is 10.9 Å². The molecule has 152 valence electrons. The normalized spacial score (nSPS) is 19.1. The summed E-state index contributed by atoms with van der Waals surface area (Å²) in [6.45, 7) is 0.718. The van der Waals surface area contributed by atoms with Crippen LogP contribution in [0.1, 0.15) is 50.9 Å². The Morgan fingerprint density at radius 1 is 1.07 bits per heavy atom. The molecule has 3 heterocycles. The molecule has 2 aliphatic heterocycles. The van der Waals surface area contributed by atoms with Gasteiger partial charge in [0.15, 0.2) is 0 Å². The number of benzene rings is 2. The molecular formula is C23H22N4O3. The van der Waals surface area contributed by atoms with Gasteiger partial charge in [-0.3, -0.25) is 19.3 Å². The minimum Gasteiger partial charge on any atom is -0.370 e. The van der Waals surface area contributed by atoms with Crippen molar-refractivity contribution in [2.24, 2.45) is 5.73 Å². The second-order valence-electron chi connectivity index (χ2n) is 7.84. The van der Waals surface area contributed by atoms with E-state index in [9.17, 15) is 14.4 Å². The predicted molar refractivity (Wildman–Crippen MR) is 112 cm³/mol. The highest BCUT2D eigenvalue weighted by atomic mass is 16.2. The quantitative estimate of drug-likeness (QED) is 0.569. The van der Waals surface area contributed by atoms with Crippen LogP contribution >= 0.6 is 0 Å². The van der Waals surface area contributed by atoms with Crippen molar-refractivity contribution in [1.29, 1.82) is 0 Å². The van der Waals surface area contributed by atoms with Crippen molar-refractivity contribution in [3.05, 3.63) is 70.9 Å². The van der Waals surface area contributed by atoms with Crippen molar-refractivity contribution < 1.29 is 14.4 Å². The zero-order valence-electron chi connectivity index (χ0n) is 16.4. The number of carbonyl (C=O) groups excluding carboxylic acids is 3. The van der Waals surface area contributed by atoms with Gasteiger partial charge in [0.2, 0.25) is 5.91 Å². The number of hydrogen-bond donors (Lipinski definition) is 3. The number of aromatic nitrogens is 1. The Morgan fingerprint density at radius 2 is 1.73 bits per heavy atom. The number of carbonyl (C=O) groups is 3. The molecule has 2 aromatic carbocycles. The third kappa shape index (κ3) is 2.81. The zero-order valence-corrected chi connectivity index (χ0v) is 16.4. The molecule has 0 aliphatic carbocycles. The number of nitrogens with zero attached hydrogens (tertiary/aromatic N) is 1. The van der Waals surface area contributed by atoms with Gasteiger partial charge in [-0.2, -0.15) is 0 Å². The molecule has 7 heteroatoms. The summed E-state index contributed by atoms with van der Waals surface area (Å²) in [4.78, 5) is 42.7. The smallest absolute Gasteiger partial charge is 0.261 e. The lowest BCUT2D eigenvalue weighted by Gasteiger charge is -2.36. The number of imide groups is 1. The number of hydrogen-bond acceptors (Lipinski definition) is 4. The highest BCUT2D eigenvalue weighted by Crippen LogP contribution is 2.37. The summed E-state index contributed by atoms with van der Waals surface area (Å²) in [5, 5.41) is 4.62. The standard InChI is InChI=1S/C23H22N4O3/c24-19(28)10-9-18(27-22(29)15-6-1-2-7-16(15)23(27)30)21-20-14(11-12-25-21)13-5-3-4-8-17(13)26-20/h1-8,18,21,25-26H,9-12H2,(H2,24,28)/t18-,21-/m0/s1. The molecular weight excluding hydrogens is 380 g/mol. The summed E-state index contributed by atoms with van der Waals surface area (Å²) >= 11 is 0. The summed E-state index contributed by atoms with van der Waals surface area (Å²) in [7, 11) is 0. The summed E-state index contributed by atoms with van der Waals surface area (Å²) in [5.74, 6) is -1.10. The summed E-state index contributed by atoms with van der Waals surface area (Å²) < 4.78 is 0. The van der Waals surface area contributed by atoms with Crippen molar-refractivity contribution in [1.82, 2.24) is 15.2 Å². The Bertz CT molecular complexity index is 1150. The number of H-pyrrole nitrogens is 1. The van der Waals surface area contributed by atoms with Gasteiger partial charge in [0.05, 0.1) is 23.2 Å². The maximum Gasteiger partial charge on any atom is 0.261 e. The molecule has 1 aromatic heterocycles. The first kappa shape index (κ1) is 18.6. The SMILES string of the molecule is NC(=O)CC[C@@H]([C@@H]1NCCc2c1[nH]c1ccccc21)N1C(=O)c2ccccc2C1=O. The lowest BCUT2D eigenvalue weighted by Crippen LogP contribution is -2.50. The van der Waals surface area contributed by atoms with Gasteiger partial charge in [-0.15, -0.1) is 0 Å². The summed E-state index contributed by atoms with van der Waals surface area (Å²) in [5.41, 5.74) is 9.40. The molecule has 3 amide bonds. The van der Waals surface area contributed by atoms with E-state index >= 15 is 0 Å². The van der Waals surface area contributed by atoms with Gasteiger partial charge in [0.1, 0.15) is 0 Å². The number of nitrogens with one attached hydrogen (secondary N) is 2. The van der Waals surface area contributed by atoms with E-state index < -0.39 is 11.9 Å². The first-order chi connectivity index (χ1) is 14.6. The molecule has 0 saturated heterocycles. The van der Waals surface area contributed by atoms with E-state index in [-0.39, 0.29) is 24.3 Å². The van der Waals surface area contributed by atoms with Gasteiger partial charge in [0.25, 0.3) is 11.8 Å². The fourth-order valence-electron chi connectivity index (χ4n) is 4.78. The van der Waals surface area contributed by atoms with Crippen molar-refractivity contribution in [2.45, 2.75) is 31.3 Å². The van der Waals surface area contributed by atoms with Gasteiger partial charge in [-0.05, 0) is 43.1 Å². The Kier molecular flexibility index (Phi) is 4.40. The number of fused-ring (bicyclic) bond motifs is 4. The number of primary amides is 1. The van der Waals surface area contributed by atoms with Crippen LogP contribution in [0, 0.1) is 0 Å². The predicted octanol–water partition coefficient (Wildman–Crippen LogP) is 2.29. The van der Waals surface area contributed by atoms with Gasteiger partial charge in [-0.25, -0.2) is 0 Å². The van der Waals surface area contributed by atoms with Gasteiger partial charge in [0, 0.05) is 23.0 Å². The molecule has 0 fully saturated rings. The third-order valence-electron chi connectivity index (χ3n) is 6.13. The minimum atomic E-state index is -0.531. The largest absolute Gasteiger partial charge is 0.370 e. The highest BCUT2D eigenvalue weighted by molar-refractivity contribution is 6.21. The van der Waals surface area contributed by atoms with Gasteiger partial charge < -0.3 is 16.0 Å². The fourth-order valence-corrected chi connectivity index (χ4v) is 4.78. The average Bonchev–Trinajstić information content (AvgIpc) is 3.25. The number of rotatable bonds is 5. The molecule has 0 saturated carbocycles.